The zero-order valence-electron chi connectivity index (χ0n) is 45.4. The van der Waals surface area contributed by atoms with E-state index in [0.29, 0.717) is 28.0 Å². The quantitative estimate of drug-likeness (QED) is 0.0107. The van der Waals surface area contributed by atoms with Gasteiger partial charge < -0.3 is 62.2 Å². The van der Waals surface area contributed by atoms with Crippen LogP contribution in [0.3, 0.4) is 0 Å². The van der Waals surface area contributed by atoms with Crippen LogP contribution >= 0.6 is 34.8 Å². The Hall–Kier alpha value is -7.18. The Kier molecular flexibility index (Phi) is 23.9. The molecule has 19 nitrogen and oxygen atoms in total. The smallest absolute Gasteiger partial charge is 0.497 e. The fraction of sp³-hybridized carbons (Fsp3) is 0.350. The molecule has 2 aliphatic heterocycles. The fourth-order valence-electron chi connectivity index (χ4n) is 8.95. The minimum Gasteiger partial charge on any atom is -0.497 e. The van der Waals surface area contributed by atoms with Crippen LogP contribution in [0.1, 0.15) is 27.8 Å². The summed E-state index contributed by atoms with van der Waals surface area (Å²) in [6.07, 6.45) is -21.3. The van der Waals surface area contributed by atoms with Crippen LogP contribution in [0.25, 0.3) is 10.4 Å². The summed E-state index contributed by atoms with van der Waals surface area (Å²) in [5, 5.41) is 6.58. The Labute approximate surface area is 502 Å². The Morgan fingerprint density at radius 2 is 1.07 bits per heavy atom. The number of azide groups is 1. The van der Waals surface area contributed by atoms with Gasteiger partial charge >= 0.3 is 18.4 Å². The number of rotatable bonds is 25. The van der Waals surface area contributed by atoms with Crippen LogP contribution in [0.4, 0.5) is 28.4 Å². The summed E-state index contributed by atoms with van der Waals surface area (Å²) in [6.45, 7) is -2.09. The van der Waals surface area contributed by atoms with Crippen molar-refractivity contribution < 1.29 is 79.6 Å². The van der Waals surface area contributed by atoms with Crippen LogP contribution in [0.2, 0.25) is 0 Å². The number of nitrogens with one attached hydrogen (secondary N) is 1. The number of halogens is 6. The van der Waals surface area contributed by atoms with Gasteiger partial charge in [0.05, 0.1) is 52.4 Å². The van der Waals surface area contributed by atoms with Crippen molar-refractivity contribution in [2.24, 2.45) is 10.1 Å². The van der Waals surface area contributed by atoms with Crippen LogP contribution in [0.15, 0.2) is 186 Å². The van der Waals surface area contributed by atoms with Crippen molar-refractivity contribution >= 4 is 58.6 Å². The molecule has 85 heavy (non-hydrogen) atoms. The summed E-state index contributed by atoms with van der Waals surface area (Å²) in [5.74, 6) is -1.25. The number of methoxy groups -OCH3 is 1. The number of alkyl halides is 6. The van der Waals surface area contributed by atoms with Gasteiger partial charge in [-0.1, -0.05) is 192 Å². The molecule has 8 rings (SSSR count). The molecule has 1 N–H and O–H groups in total. The number of benzene rings is 6. The number of alkyl carbamates (subject to hydrolysis) is 1. The lowest BCUT2D eigenvalue weighted by Crippen LogP contribution is -2.69. The monoisotopic (exact) mass is 1240 g/mol. The molecule has 450 valence electrons. The molecular formula is C60H59Cl3F3N5O14. The van der Waals surface area contributed by atoms with Crippen molar-refractivity contribution in [3.8, 4) is 5.75 Å². The van der Waals surface area contributed by atoms with Gasteiger partial charge in [-0.15, -0.1) is 0 Å². The van der Waals surface area contributed by atoms with Crippen LogP contribution in [0, 0.1) is 0 Å². The average Bonchev–Trinajstić information content (AvgIpc) is 3.59. The van der Waals surface area contributed by atoms with Gasteiger partial charge in [0.1, 0.15) is 61.6 Å². The first-order valence-corrected chi connectivity index (χ1v) is 27.6. The molecule has 2 aliphatic rings. The van der Waals surface area contributed by atoms with Gasteiger partial charge in [0.2, 0.25) is 10.1 Å². The number of ether oxygens (including phenoxy) is 12. The van der Waals surface area contributed by atoms with E-state index in [2.05, 4.69) is 20.3 Å². The first kappa shape index (κ1) is 63.8. The lowest BCUT2D eigenvalue weighted by atomic mass is 9.94. The Morgan fingerprint density at radius 1 is 0.588 bits per heavy atom. The van der Waals surface area contributed by atoms with Gasteiger partial charge in [-0.05, 0) is 57.6 Å². The minimum atomic E-state index is -5.33. The molecule has 6 aromatic rings. The second-order valence-electron chi connectivity index (χ2n) is 19.1. The molecule has 10 atom stereocenters. The van der Waals surface area contributed by atoms with Crippen molar-refractivity contribution in [1.82, 2.24) is 5.32 Å². The summed E-state index contributed by atoms with van der Waals surface area (Å²) in [4.78, 5) is 35.2. The summed E-state index contributed by atoms with van der Waals surface area (Å²) in [6, 6.07) is 46.2. The number of hydrogen-bond donors (Lipinski definition) is 1. The molecule has 0 bridgehead atoms. The van der Waals surface area contributed by atoms with Gasteiger partial charge in [0.25, 0.3) is 5.90 Å². The van der Waals surface area contributed by atoms with E-state index in [9.17, 15) is 15.1 Å². The summed E-state index contributed by atoms with van der Waals surface area (Å²) in [5.41, 5.74) is 13.7. The molecule has 1 amide bonds. The number of carbonyl (C=O) groups is 2. The first-order chi connectivity index (χ1) is 41.1. The minimum absolute atomic E-state index is 0.0260. The topological polar surface area (TPSA) is 218 Å². The maximum absolute atomic E-state index is 15.3. The number of aliphatic imine (C=N–C) groups is 1. The maximum Gasteiger partial charge on any atom is 0.509 e. The molecule has 2 fully saturated rings. The normalized spacial score (nSPS) is 22.5. The summed E-state index contributed by atoms with van der Waals surface area (Å²) >= 11 is 17.9. The van der Waals surface area contributed by atoms with E-state index in [1.165, 1.54) is 31.4 Å². The molecule has 0 aromatic heterocycles. The molecule has 2 saturated heterocycles. The second kappa shape index (κ2) is 31.8. The van der Waals surface area contributed by atoms with E-state index in [4.69, 9.17) is 91.6 Å². The largest absolute Gasteiger partial charge is 0.509 e. The van der Waals surface area contributed by atoms with E-state index in [1.807, 2.05) is 60.7 Å². The van der Waals surface area contributed by atoms with Crippen molar-refractivity contribution in [2.45, 2.75) is 104 Å². The van der Waals surface area contributed by atoms with Gasteiger partial charge in [0.15, 0.2) is 12.4 Å². The first-order valence-electron chi connectivity index (χ1n) is 26.5. The van der Waals surface area contributed by atoms with E-state index >= 15 is 13.2 Å². The second-order valence-corrected chi connectivity index (χ2v) is 21.6. The lowest BCUT2D eigenvalue weighted by Gasteiger charge is -2.49. The third kappa shape index (κ3) is 19.9. The number of amides is 1. The molecule has 0 radical (unpaired) electrons. The third-order valence-electron chi connectivity index (χ3n) is 13.0. The molecule has 25 heteroatoms. The summed E-state index contributed by atoms with van der Waals surface area (Å²) in [7, 11) is 1.54. The predicted octanol–water partition coefficient (Wildman–Crippen LogP) is 12.6. The highest BCUT2D eigenvalue weighted by Crippen LogP contribution is 2.37. The van der Waals surface area contributed by atoms with Crippen molar-refractivity contribution in [3.63, 3.8) is 0 Å². The number of carbonyl (C=O) groups excluding carboxylic acids is 2. The molecule has 2 heterocycles. The van der Waals surface area contributed by atoms with Gasteiger partial charge in [0, 0.05) is 4.91 Å². The van der Waals surface area contributed by atoms with E-state index < -0.39 is 103 Å². The standard InChI is InChI=1S/C60H59Cl3F3N5O14/c1-74-45-29-27-43(28-30-45)34-77-50-46(36-75-31-39-17-7-2-8-18-39)81-55(49(70-71-67)52(50)78-33-41-21-11-4-12-22-41)83-51-47(37-76-32-40-19-9-3-10-20-40)82-54(85-56(60(64,65)66)68-44-25-15-6-16-26-44)48(69-57(72)80-38-59(61,62)63)53(51)84-58(73)79-35-42-23-13-5-14-24-42/h2-30,46-55H,31-38H2,1H3,(H,69,72)/t46-,47-,48-,49-,50-,51-,52-,53-,54?,55+/m1/s1. The number of para-hydroxylation sites is 1. The van der Waals surface area contributed by atoms with Crippen LogP contribution in [-0.4, -0.2) is 116 Å². The predicted molar refractivity (Wildman–Crippen MR) is 305 cm³/mol. The van der Waals surface area contributed by atoms with Gasteiger partial charge in [-0.25, -0.2) is 14.6 Å². The van der Waals surface area contributed by atoms with Crippen LogP contribution < -0.4 is 10.1 Å². The molecule has 0 spiro atoms. The van der Waals surface area contributed by atoms with Crippen molar-refractivity contribution in [1.29, 1.82) is 0 Å². The number of hydrogen-bond acceptors (Lipinski definition) is 16. The molecule has 0 aliphatic carbocycles. The summed E-state index contributed by atoms with van der Waals surface area (Å²) < 4.78 is 118. The van der Waals surface area contributed by atoms with Crippen LogP contribution in [0.5, 0.6) is 5.75 Å². The SMILES string of the molecule is COc1ccc(CO[C@H]2[C@H](OCc3ccccc3)[C@@H](N=[N+]=[N-])[C@H](O[C@H]3[C@H](OC(=O)OCc4ccccc4)[C@@H](NC(=O)OCC(Cl)(Cl)Cl)C(OC(=Nc4ccccc4)C(F)(F)F)O[C@@H]3COCc3ccccc3)O[C@@H]2COCc2ccccc2)cc1. The highest BCUT2D eigenvalue weighted by molar-refractivity contribution is 6.67. The van der Waals surface area contributed by atoms with Gasteiger partial charge in [-0.2, -0.15) is 13.2 Å². The van der Waals surface area contributed by atoms with Crippen molar-refractivity contribution in [2.75, 3.05) is 26.9 Å². The Balaban J connectivity index is 1.24. The van der Waals surface area contributed by atoms with Crippen molar-refractivity contribution in [3.05, 3.63) is 214 Å². The maximum atomic E-state index is 15.3. The highest BCUT2D eigenvalue weighted by Gasteiger charge is 2.57. The zero-order chi connectivity index (χ0) is 60.0. The highest BCUT2D eigenvalue weighted by atomic mass is 35.6. The van der Waals surface area contributed by atoms with Gasteiger partial charge in [-0.3, -0.25) is 0 Å². The molecular weight excluding hydrogens is 1180 g/mol. The Bertz CT molecular complexity index is 3070. The van der Waals surface area contributed by atoms with E-state index in [1.54, 1.807) is 91.0 Å². The fourth-order valence-corrected chi connectivity index (χ4v) is 9.12. The lowest BCUT2D eigenvalue weighted by molar-refractivity contribution is -0.334. The molecule has 1 unspecified atom stereocenters. The van der Waals surface area contributed by atoms with Crippen LogP contribution in [-0.2, 0) is 85.1 Å². The molecule has 0 saturated carbocycles. The average molecular weight is 1240 g/mol. The van der Waals surface area contributed by atoms with E-state index in [0.717, 1.165) is 5.56 Å². The number of nitrogens with zero attached hydrogens (tertiary/aromatic N) is 4. The molecule has 6 aromatic carbocycles. The Morgan fingerprint density at radius 3 is 1.59 bits per heavy atom. The van der Waals surface area contributed by atoms with E-state index in [-0.39, 0.29) is 45.3 Å². The zero-order valence-corrected chi connectivity index (χ0v) is 47.7. The third-order valence-corrected chi connectivity index (χ3v) is 13.3.